The highest BCUT2D eigenvalue weighted by atomic mass is 79.9. The lowest BCUT2D eigenvalue weighted by Gasteiger charge is -2.21. The highest BCUT2D eigenvalue weighted by molar-refractivity contribution is 9.10. The molecule has 0 aliphatic carbocycles. The summed E-state index contributed by atoms with van der Waals surface area (Å²) in [6.07, 6.45) is 0.814. The molecule has 2 aromatic carbocycles. The average Bonchev–Trinajstić information content (AvgIpc) is 2.45. The molecule has 5 heteroatoms. The van der Waals surface area contributed by atoms with Gasteiger partial charge >= 0.3 is 0 Å². The van der Waals surface area contributed by atoms with Gasteiger partial charge in [0, 0.05) is 5.56 Å². The summed E-state index contributed by atoms with van der Waals surface area (Å²) in [5, 5.41) is 3.11. The van der Waals surface area contributed by atoms with Gasteiger partial charge in [0.05, 0.1) is 10.5 Å². The van der Waals surface area contributed by atoms with E-state index in [1.165, 1.54) is 36.4 Å². The van der Waals surface area contributed by atoms with E-state index in [0.29, 0.717) is 12.1 Å². The predicted molar refractivity (Wildman–Crippen MR) is 80.6 cm³/mol. The van der Waals surface area contributed by atoms with Crippen molar-refractivity contribution in [2.75, 3.05) is 6.54 Å². The molecule has 0 saturated carbocycles. The molecule has 1 nitrogen and oxygen atoms in total. The van der Waals surface area contributed by atoms with Crippen molar-refractivity contribution in [3.63, 3.8) is 0 Å². The Morgan fingerprint density at radius 2 is 1.71 bits per heavy atom. The Morgan fingerprint density at radius 1 is 1.05 bits per heavy atom. The van der Waals surface area contributed by atoms with E-state index in [4.69, 9.17) is 0 Å². The van der Waals surface area contributed by atoms with Crippen molar-refractivity contribution in [3.8, 4) is 0 Å². The number of hydrogen-bond acceptors (Lipinski definition) is 1. The first-order valence-electron chi connectivity index (χ1n) is 6.66. The first-order valence-corrected chi connectivity index (χ1v) is 7.46. The molecule has 0 aliphatic heterocycles. The second-order valence-electron chi connectivity index (χ2n) is 4.70. The minimum Gasteiger partial charge on any atom is -0.306 e. The highest BCUT2D eigenvalue weighted by Crippen LogP contribution is 2.29. The van der Waals surface area contributed by atoms with Crippen LogP contribution in [-0.4, -0.2) is 6.54 Å². The van der Waals surface area contributed by atoms with Crippen LogP contribution in [0.4, 0.5) is 13.2 Å². The Balaban J connectivity index is 2.49. The maximum absolute atomic E-state index is 14.0. The number of halogens is 4. The smallest absolute Gasteiger partial charge is 0.137 e. The zero-order chi connectivity index (χ0) is 15.4. The van der Waals surface area contributed by atoms with Crippen LogP contribution in [0.1, 0.15) is 30.5 Å². The molecule has 0 saturated heterocycles. The van der Waals surface area contributed by atoms with Gasteiger partial charge in [-0.05, 0) is 58.7 Å². The van der Waals surface area contributed by atoms with Crippen LogP contribution < -0.4 is 5.32 Å². The predicted octanol–water partition coefficient (Wildman–Crippen LogP) is 4.96. The van der Waals surface area contributed by atoms with Gasteiger partial charge in [0.1, 0.15) is 17.5 Å². The Hall–Kier alpha value is -1.33. The van der Waals surface area contributed by atoms with E-state index in [2.05, 4.69) is 21.2 Å². The minimum absolute atomic E-state index is 0.0514. The van der Waals surface area contributed by atoms with Crippen molar-refractivity contribution in [1.29, 1.82) is 0 Å². The normalized spacial score (nSPS) is 12.4. The molecule has 0 aromatic heterocycles. The molecular formula is C16H15BrF3N. The first-order chi connectivity index (χ1) is 10.0. The summed E-state index contributed by atoms with van der Waals surface area (Å²) in [7, 11) is 0. The molecule has 1 unspecified atom stereocenters. The Kier molecular flexibility index (Phi) is 5.42. The molecule has 0 bridgehead atoms. The van der Waals surface area contributed by atoms with Crippen molar-refractivity contribution in [2.24, 2.45) is 0 Å². The van der Waals surface area contributed by atoms with Crippen LogP contribution in [0.3, 0.4) is 0 Å². The minimum atomic E-state index is -0.664. The van der Waals surface area contributed by atoms with Gasteiger partial charge in [-0.25, -0.2) is 13.2 Å². The van der Waals surface area contributed by atoms with Crippen LogP contribution in [0.25, 0.3) is 0 Å². The number of rotatable bonds is 5. The summed E-state index contributed by atoms with van der Waals surface area (Å²) >= 11 is 3.10. The molecule has 0 radical (unpaired) electrons. The molecule has 0 fully saturated rings. The van der Waals surface area contributed by atoms with Crippen LogP contribution in [0.2, 0.25) is 0 Å². The zero-order valence-electron chi connectivity index (χ0n) is 11.5. The lowest BCUT2D eigenvalue weighted by atomic mass is 9.97. The van der Waals surface area contributed by atoms with E-state index < -0.39 is 23.5 Å². The van der Waals surface area contributed by atoms with Crippen molar-refractivity contribution in [3.05, 3.63) is 69.4 Å². The van der Waals surface area contributed by atoms with Crippen molar-refractivity contribution in [2.45, 2.75) is 19.4 Å². The fourth-order valence-corrected chi connectivity index (χ4v) is 2.55. The summed E-state index contributed by atoms with van der Waals surface area (Å²) in [4.78, 5) is 0. The monoisotopic (exact) mass is 357 g/mol. The van der Waals surface area contributed by atoms with E-state index in [9.17, 15) is 13.2 Å². The molecule has 112 valence electrons. The fourth-order valence-electron chi connectivity index (χ4n) is 2.15. The quantitative estimate of drug-likeness (QED) is 0.797. The van der Waals surface area contributed by atoms with Crippen LogP contribution in [-0.2, 0) is 0 Å². The third-order valence-corrected chi connectivity index (χ3v) is 3.77. The average molecular weight is 358 g/mol. The van der Waals surface area contributed by atoms with Gasteiger partial charge in [-0.15, -0.1) is 0 Å². The van der Waals surface area contributed by atoms with Crippen molar-refractivity contribution >= 4 is 15.9 Å². The SMILES string of the molecule is CCCNC(c1ccc(F)c(Br)c1)c1c(F)cccc1F. The van der Waals surface area contributed by atoms with Crippen LogP contribution >= 0.6 is 15.9 Å². The summed E-state index contributed by atoms with van der Waals surface area (Å²) in [5.41, 5.74) is 0.546. The van der Waals surface area contributed by atoms with E-state index in [0.717, 1.165) is 6.42 Å². The Labute approximate surface area is 130 Å². The van der Waals surface area contributed by atoms with Gasteiger partial charge in [-0.1, -0.05) is 19.1 Å². The van der Waals surface area contributed by atoms with Gasteiger partial charge in [-0.3, -0.25) is 0 Å². The molecule has 1 atom stereocenters. The van der Waals surface area contributed by atoms with E-state index in [1.807, 2.05) is 6.92 Å². The third-order valence-electron chi connectivity index (χ3n) is 3.16. The van der Waals surface area contributed by atoms with E-state index >= 15 is 0 Å². The van der Waals surface area contributed by atoms with Crippen LogP contribution in [0.15, 0.2) is 40.9 Å². The lowest BCUT2D eigenvalue weighted by molar-refractivity contribution is 0.502. The maximum Gasteiger partial charge on any atom is 0.137 e. The third kappa shape index (κ3) is 3.66. The van der Waals surface area contributed by atoms with Crippen LogP contribution in [0, 0.1) is 17.5 Å². The summed E-state index contributed by atoms with van der Waals surface area (Å²) in [6, 6.07) is 7.44. The number of hydrogen-bond donors (Lipinski definition) is 1. The van der Waals surface area contributed by atoms with Gasteiger partial charge in [0.15, 0.2) is 0 Å². The summed E-state index contributed by atoms with van der Waals surface area (Å²) in [5.74, 6) is -1.66. The van der Waals surface area contributed by atoms with Crippen molar-refractivity contribution < 1.29 is 13.2 Å². The molecule has 21 heavy (non-hydrogen) atoms. The molecule has 1 N–H and O–H groups in total. The zero-order valence-corrected chi connectivity index (χ0v) is 13.1. The number of benzene rings is 2. The second kappa shape index (κ2) is 7.09. The molecule has 0 heterocycles. The lowest BCUT2D eigenvalue weighted by Crippen LogP contribution is -2.25. The first kappa shape index (κ1) is 16.0. The standard InChI is InChI=1S/C16H15BrF3N/c1-2-8-21-16(10-6-7-12(18)11(17)9-10)15-13(19)4-3-5-14(15)20/h3-7,9,16,21H,2,8H2,1H3. The molecule has 0 aliphatic rings. The molecule has 2 rings (SSSR count). The highest BCUT2D eigenvalue weighted by Gasteiger charge is 2.22. The maximum atomic E-state index is 14.0. The van der Waals surface area contributed by atoms with Crippen LogP contribution in [0.5, 0.6) is 0 Å². The largest absolute Gasteiger partial charge is 0.306 e. The topological polar surface area (TPSA) is 12.0 Å². The van der Waals surface area contributed by atoms with Crippen molar-refractivity contribution in [1.82, 2.24) is 5.32 Å². The molecular weight excluding hydrogens is 343 g/mol. The Morgan fingerprint density at radius 3 is 2.29 bits per heavy atom. The van der Waals surface area contributed by atoms with E-state index in [1.54, 1.807) is 0 Å². The van der Waals surface area contributed by atoms with Gasteiger partial charge in [-0.2, -0.15) is 0 Å². The Bertz CT molecular complexity index is 611. The second-order valence-corrected chi connectivity index (χ2v) is 5.55. The van der Waals surface area contributed by atoms with Gasteiger partial charge in [0.25, 0.3) is 0 Å². The summed E-state index contributed by atoms with van der Waals surface area (Å²) in [6.45, 7) is 2.55. The molecule has 2 aromatic rings. The number of nitrogens with one attached hydrogen (secondary N) is 1. The van der Waals surface area contributed by atoms with Gasteiger partial charge in [0.2, 0.25) is 0 Å². The van der Waals surface area contributed by atoms with Gasteiger partial charge < -0.3 is 5.32 Å². The van der Waals surface area contributed by atoms with E-state index in [-0.39, 0.29) is 10.0 Å². The molecule has 0 amide bonds. The summed E-state index contributed by atoms with van der Waals surface area (Å²) < 4.78 is 41.7. The fraction of sp³-hybridized carbons (Fsp3) is 0.250. The molecule has 0 spiro atoms.